The zero-order chi connectivity index (χ0) is 22.0. The van der Waals surface area contributed by atoms with Gasteiger partial charge in [-0.1, -0.05) is 19.1 Å². The molecule has 2 saturated heterocycles. The molecule has 4 rings (SSSR count). The SMILES string of the molecule is COc1ccc([C@@H]2[C@H](C(=O)N3CCC[C@@H](C)C3)CC(=O)N2c2ccc(OC)cc2)cc1. The monoisotopic (exact) mass is 422 g/mol. The number of likely N-dealkylation sites (tertiary alicyclic amines) is 1. The Morgan fingerprint density at radius 2 is 1.58 bits per heavy atom. The van der Waals surface area contributed by atoms with Crippen molar-refractivity contribution in [2.45, 2.75) is 32.2 Å². The summed E-state index contributed by atoms with van der Waals surface area (Å²) in [6.45, 7) is 3.72. The highest BCUT2D eigenvalue weighted by atomic mass is 16.5. The number of carbonyl (C=O) groups is 2. The molecule has 2 aromatic carbocycles. The summed E-state index contributed by atoms with van der Waals surface area (Å²) in [6, 6.07) is 14.8. The van der Waals surface area contributed by atoms with Crippen molar-refractivity contribution in [3.05, 3.63) is 54.1 Å². The average Bonchev–Trinajstić information content (AvgIpc) is 3.15. The van der Waals surface area contributed by atoms with Crippen LogP contribution in [0.2, 0.25) is 0 Å². The Hall–Kier alpha value is -3.02. The summed E-state index contributed by atoms with van der Waals surface area (Å²) in [6.07, 6.45) is 2.38. The molecule has 3 atom stereocenters. The number of rotatable bonds is 5. The normalized spacial score (nSPS) is 23.7. The molecule has 2 aliphatic rings. The lowest BCUT2D eigenvalue weighted by atomic mass is 9.90. The van der Waals surface area contributed by atoms with Crippen molar-refractivity contribution in [3.8, 4) is 11.5 Å². The van der Waals surface area contributed by atoms with Crippen LogP contribution in [-0.4, -0.2) is 44.0 Å². The second-order valence-electron chi connectivity index (χ2n) is 8.52. The van der Waals surface area contributed by atoms with Crippen LogP contribution in [0.4, 0.5) is 5.69 Å². The lowest BCUT2D eigenvalue weighted by molar-refractivity contribution is -0.138. The molecule has 2 amide bonds. The van der Waals surface area contributed by atoms with Crippen molar-refractivity contribution in [1.29, 1.82) is 0 Å². The van der Waals surface area contributed by atoms with E-state index >= 15 is 0 Å². The van der Waals surface area contributed by atoms with Crippen LogP contribution in [0.5, 0.6) is 11.5 Å². The number of ether oxygens (including phenoxy) is 2. The summed E-state index contributed by atoms with van der Waals surface area (Å²) in [4.78, 5) is 30.5. The first-order valence-electron chi connectivity index (χ1n) is 10.9. The molecule has 0 N–H and O–H groups in total. The van der Waals surface area contributed by atoms with Gasteiger partial charge in [-0.05, 0) is 60.7 Å². The molecule has 0 saturated carbocycles. The van der Waals surface area contributed by atoms with Crippen molar-refractivity contribution >= 4 is 17.5 Å². The van der Waals surface area contributed by atoms with Crippen LogP contribution in [0.1, 0.15) is 37.8 Å². The summed E-state index contributed by atoms with van der Waals surface area (Å²) >= 11 is 0. The van der Waals surface area contributed by atoms with Crippen LogP contribution in [0.3, 0.4) is 0 Å². The van der Waals surface area contributed by atoms with Crippen LogP contribution >= 0.6 is 0 Å². The number of piperidine rings is 1. The number of methoxy groups -OCH3 is 2. The van der Waals surface area contributed by atoms with E-state index < -0.39 is 5.92 Å². The molecule has 164 valence electrons. The fourth-order valence-electron chi connectivity index (χ4n) is 4.81. The first-order chi connectivity index (χ1) is 15.0. The summed E-state index contributed by atoms with van der Waals surface area (Å²) in [5.74, 6) is 1.61. The third-order valence-corrected chi connectivity index (χ3v) is 6.42. The average molecular weight is 423 g/mol. The first-order valence-corrected chi connectivity index (χ1v) is 10.9. The van der Waals surface area contributed by atoms with Crippen molar-refractivity contribution in [2.24, 2.45) is 11.8 Å². The summed E-state index contributed by atoms with van der Waals surface area (Å²) < 4.78 is 10.6. The van der Waals surface area contributed by atoms with Crippen LogP contribution in [-0.2, 0) is 9.59 Å². The highest BCUT2D eigenvalue weighted by Crippen LogP contribution is 2.43. The van der Waals surface area contributed by atoms with Gasteiger partial charge in [-0.3, -0.25) is 9.59 Å². The highest BCUT2D eigenvalue weighted by molar-refractivity contribution is 6.01. The van der Waals surface area contributed by atoms with Crippen molar-refractivity contribution in [2.75, 3.05) is 32.2 Å². The minimum atomic E-state index is -0.409. The molecule has 2 fully saturated rings. The molecule has 0 bridgehead atoms. The molecular weight excluding hydrogens is 392 g/mol. The number of benzene rings is 2. The second-order valence-corrected chi connectivity index (χ2v) is 8.52. The van der Waals surface area contributed by atoms with E-state index in [-0.39, 0.29) is 24.3 Å². The quantitative estimate of drug-likeness (QED) is 0.729. The fraction of sp³-hybridized carbons (Fsp3) is 0.440. The van der Waals surface area contributed by atoms with E-state index in [1.165, 1.54) is 0 Å². The summed E-state index contributed by atoms with van der Waals surface area (Å²) in [7, 11) is 3.24. The third-order valence-electron chi connectivity index (χ3n) is 6.42. The molecular formula is C25H30N2O4. The molecule has 0 spiro atoms. The highest BCUT2D eigenvalue weighted by Gasteiger charge is 2.46. The van der Waals surface area contributed by atoms with Crippen molar-refractivity contribution in [3.63, 3.8) is 0 Å². The van der Waals surface area contributed by atoms with Gasteiger partial charge in [-0.15, -0.1) is 0 Å². The van der Waals surface area contributed by atoms with E-state index in [2.05, 4.69) is 6.92 Å². The Bertz CT molecular complexity index is 926. The largest absolute Gasteiger partial charge is 0.497 e. The van der Waals surface area contributed by atoms with Crippen molar-refractivity contribution < 1.29 is 19.1 Å². The molecule has 0 aromatic heterocycles. The third kappa shape index (κ3) is 4.24. The zero-order valence-electron chi connectivity index (χ0n) is 18.4. The molecule has 2 aliphatic heterocycles. The Kier molecular flexibility index (Phi) is 6.16. The van der Waals surface area contributed by atoms with Gasteiger partial charge in [-0.2, -0.15) is 0 Å². The van der Waals surface area contributed by atoms with Crippen LogP contribution < -0.4 is 14.4 Å². The number of nitrogens with zero attached hydrogens (tertiary/aromatic N) is 2. The molecule has 6 nitrogen and oxygen atoms in total. The van der Waals surface area contributed by atoms with Gasteiger partial charge in [0.1, 0.15) is 11.5 Å². The fourth-order valence-corrected chi connectivity index (χ4v) is 4.81. The van der Waals surface area contributed by atoms with Crippen LogP contribution in [0.15, 0.2) is 48.5 Å². The van der Waals surface area contributed by atoms with E-state index in [1.54, 1.807) is 19.1 Å². The molecule has 0 aliphatic carbocycles. The number of carbonyl (C=O) groups excluding carboxylic acids is 2. The summed E-state index contributed by atoms with van der Waals surface area (Å²) in [5, 5.41) is 0. The minimum absolute atomic E-state index is 0.0330. The lowest BCUT2D eigenvalue weighted by Gasteiger charge is -2.35. The van der Waals surface area contributed by atoms with Gasteiger partial charge < -0.3 is 19.3 Å². The second kappa shape index (κ2) is 9.00. The predicted octanol–water partition coefficient (Wildman–Crippen LogP) is 4.06. The first kappa shape index (κ1) is 21.2. The maximum atomic E-state index is 13.6. The molecule has 31 heavy (non-hydrogen) atoms. The zero-order valence-corrected chi connectivity index (χ0v) is 18.4. The van der Waals surface area contributed by atoms with Crippen LogP contribution in [0.25, 0.3) is 0 Å². The number of amides is 2. The summed E-state index contributed by atoms with van der Waals surface area (Å²) in [5.41, 5.74) is 1.71. The smallest absolute Gasteiger partial charge is 0.228 e. The standard InChI is InChI=1S/C25H30N2O4/c1-17-5-4-14-26(16-17)25(29)22-15-23(28)27(19-8-12-21(31-3)13-9-19)24(22)18-6-10-20(30-2)11-7-18/h6-13,17,22,24H,4-5,14-16H2,1-3H3/t17-,22-,24-/m1/s1. The van der Waals surface area contributed by atoms with Crippen LogP contribution in [0, 0.1) is 11.8 Å². The van der Waals surface area contributed by atoms with Crippen molar-refractivity contribution in [1.82, 2.24) is 4.90 Å². The molecule has 2 aromatic rings. The van der Waals surface area contributed by atoms with E-state index in [1.807, 2.05) is 53.4 Å². The molecule has 0 unspecified atom stereocenters. The minimum Gasteiger partial charge on any atom is -0.497 e. The Balaban J connectivity index is 1.70. The molecule has 0 radical (unpaired) electrons. The Morgan fingerprint density at radius 3 is 2.16 bits per heavy atom. The van der Waals surface area contributed by atoms with E-state index in [4.69, 9.17) is 9.47 Å². The topological polar surface area (TPSA) is 59.1 Å². The number of hydrogen-bond donors (Lipinski definition) is 0. The van der Waals surface area contributed by atoms with E-state index in [0.29, 0.717) is 5.92 Å². The Morgan fingerprint density at radius 1 is 0.968 bits per heavy atom. The number of hydrogen-bond acceptors (Lipinski definition) is 4. The van der Waals surface area contributed by atoms with Gasteiger partial charge in [0.2, 0.25) is 11.8 Å². The molecule has 2 heterocycles. The van der Waals surface area contributed by atoms with Gasteiger partial charge in [0, 0.05) is 25.2 Å². The predicted molar refractivity (Wildman–Crippen MR) is 119 cm³/mol. The molecule has 6 heteroatoms. The van der Waals surface area contributed by atoms with E-state index in [0.717, 1.165) is 48.7 Å². The van der Waals surface area contributed by atoms with Gasteiger partial charge in [-0.25, -0.2) is 0 Å². The van der Waals surface area contributed by atoms with Gasteiger partial charge >= 0.3 is 0 Å². The van der Waals surface area contributed by atoms with Gasteiger partial charge in [0.25, 0.3) is 0 Å². The van der Waals surface area contributed by atoms with Gasteiger partial charge in [0.05, 0.1) is 26.2 Å². The lowest BCUT2D eigenvalue weighted by Crippen LogP contribution is -2.44. The number of anilines is 1. The van der Waals surface area contributed by atoms with Gasteiger partial charge in [0.15, 0.2) is 0 Å². The maximum Gasteiger partial charge on any atom is 0.228 e. The van der Waals surface area contributed by atoms with E-state index in [9.17, 15) is 9.59 Å². The Labute approximate surface area is 183 Å². The maximum absolute atomic E-state index is 13.6.